The summed E-state index contributed by atoms with van der Waals surface area (Å²) in [6.45, 7) is 7.11. The van der Waals surface area contributed by atoms with E-state index in [1.165, 1.54) is 23.3 Å². The monoisotopic (exact) mass is 460 g/mol. The highest BCUT2D eigenvalue weighted by molar-refractivity contribution is 6.08. The lowest BCUT2D eigenvalue weighted by molar-refractivity contribution is 0.0955. The minimum atomic E-state index is -0.313. The molecule has 3 aromatic rings. The summed E-state index contributed by atoms with van der Waals surface area (Å²) in [6, 6.07) is 22.4. The van der Waals surface area contributed by atoms with Crippen LogP contribution >= 0.6 is 0 Å². The van der Waals surface area contributed by atoms with E-state index in [1.54, 1.807) is 31.4 Å². The number of likely N-dealkylation sites (tertiary alicyclic amines) is 1. The van der Waals surface area contributed by atoms with Gasteiger partial charge in [0.1, 0.15) is 11.6 Å². The summed E-state index contributed by atoms with van der Waals surface area (Å²) in [5.74, 6) is 0.642. The minimum absolute atomic E-state index is 0.0300. The second-order valence-corrected chi connectivity index (χ2v) is 9.26. The molecule has 178 valence electrons. The highest BCUT2D eigenvalue weighted by atomic mass is 19.1. The van der Waals surface area contributed by atoms with Gasteiger partial charge in [0, 0.05) is 31.4 Å². The standard InChI is InChI=1S/C29H33FN2O2/c1-21(2)23-10-8-22(9-11-23)20-31-18-16-26(17-19-31)32(25-14-12-24(30)13-15-25)29(33)27-6-4-5-7-28(27)34-3/h4-15,21,26H,16-20H2,1-3H3. The summed E-state index contributed by atoms with van der Waals surface area (Å²) < 4.78 is 19.1. The second kappa shape index (κ2) is 10.8. The van der Waals surface area contributed by atoms with E-state index >= 15 is 0 Å². The molecule has 1 aliphatic rings. The van der Waals surface area contributed by atoms with Crippen molar-refractivity contribution in [3.8, 4) is 5.75 Å². The zero-order valence-electron chi connectivity index (χ0n) is 20.2. The number of methoxy groups -OCH3 is 1. The van der Waals surface area contributed by atoms with Gasteiger partial charge in [0.25, 0.3) is 5.91 Å². The molecule has 5 heteroatoms. The summed E-state index contributed by atoms with van der Waals surface area (Å²) in [5.41, 5.74) is 3.89. The first kappa shape index (κ1) is 24.0. The van der Waals surface area contributed by atoms with Gasteiger partial charge in [-0.05, 0) is 66.3 Å². The van der Waals surface area contributed by atoms with Gasteiger partial charge in [0.05, 0.1) is 12.7 Å². The van der Waals surface area contributed by atoms with Crippen molar-refractivity contribution < 1.29 is 13.9 Å². The molecule has 3 aromatic carbocycles. The number of hydrogen-bond donors (Lipinski definition) is 0. The predicted octanol–water partition coefficient (Wildman–Crippen LogP) is 6.27. The first-order valence-electron chi connectivity index (χ1n) is 12.0. The number of hydrogen-bond acceptors (Lipinski definition) is 3. The van der Waals surface area contributed by atoms with Crippen molar-refractivity contribution in [2.24, 2.45) is 0 Å². The molecule has 1 fully saturated rings. The molecular formula is C29H33FN2O2. The molecule has 1 amide bonds. The van der Waals surface area contributed by atoms with Gasteiger partial charge in [-0.3, -0.25) is 9.69 Å². The molecule has 0 aliphatic carbocycles. The van der Waals surface area contributed by atoms with E-state index in [-0.39, 0.29) is 17.8 Å². The van der Waals surface area contributed by atoms with Gasteiger partial charge in [0.2, 0.25) is 0 Å². The number of carbonyl (C=O) groups is 1. The number of para-hydroxylation sites is 1. The highest BCUT2D eigenvalue weighted by Gasteiger charge is 2.31. The van der Waals surface area contributed by atoms with Crippen LogP contribution in [0, 0.1) is 5.82 Å². The van der Waals surface area contributed by atoms with Gasteiger partial charge < -0.3 is 9.64 Å². The Morgan fingerprint density at radius 3 is 2.26 bits per heavy atom. The Morgan fingerprint density at radius 2 is 1.65 bits per heavy atom. The normalized spacial score (nSPS) is 14.9. The number of amides is 1. The third-order valence-corrected chi connectivity index (χ3v) is 6.64. The Morgan fingerprint density at radius 1 is 1.00 bits per heavy atom. The first-order chi connectivity index (χ1) is 16.5. The highest BCUT2D eigenvalue weighted by Crippen LogP contribution is 2.29. The average Bonchev–Trinajstić information content (AvgIpc) is 2.86. The van der Waals surface area contributed by atoms with Gasteiger partial charge in [-0.15, -0.1) is 0 Å². The smallest absolute Gasteiger partial charge is 0.262 e. The molecule has 4 nitrogen and oxygen atoms in total. The van der Waals surface area contributed by atoms with E-state index in [1.807, 2.05) is 17.0 Å². The molecule has 0 atom stereocenters. The molecular weight excluding hydrogens is 427 g/mol. The summed E-state index contributed by atoms with van der Waals surface area (Å²) in [7, 11) is 1.57. The van der Waals surface area contributed by atoms with Crippen molar-refractivity contribution >= 4 is 11.6 Å². The fourth-order valence-corrected chi connectivity index (χ4v) is 4.65. The maximum atomic E-state index is 13.7. The van der Waals surface area contributed by atoms with Crippen LogP contribution in [0.2, 0.25) is 0 Å². The van der Waals surface area contributed by atoms with Crippen molar-refractivity contribution in [2.75, 3.05) is 25.1 Å². The quantitative estimate of drug-likeness (QED) is 0.417. The fraction of sp³-hybridized carbons (Fsp3) is 0.345. The average molecular weight is 461 g/mol. The van der Waals surface area contributed by atoms with Crippen LogP contribution in [-0.2, 0) is 6.54 Å². The van der Waals surface area contributed by atoms with Gasteiger partial charge >= 0.3 is 0 Å². The Bertz CT molecular complexity index is 1090. The Kier molecular flexibility index (Phi) is 7.63. The van der Waals surface area contributed by atoms with Crippen LogP contribution in [0.5, 0.6) is 5.75 Å². The van der Waals surface area contributed by atoms with Gasteiger partial charge in [-0.1, -0.05) is 50.2 Å². The Hall–Kier alpha value is -3.18. The topological polar surface area (TPSA) is 32.8 Å². The number of rotatable bonds is 7. The van der Waals surface area contributed by atoms with Gasteiger partial charge in [-0.2, -0.15) is 0 Å². The van der Waals surface area contributed by atoms with Crippen LogP contribution in [0.15, 0.2) is 72.8 Å². The summed E-state index contributed by atoms with van der Waals surface area (Å²) in [4.78, 5) is 18.0. The molecule has 0 spiro atoms. The number of carbonyl (C=O) groups excluding carboxylic acids is 1. The number of anilines is 1. The number of nitrogens with zero attached hydrogens (tertiary/aromatic N) is 2. The van der Waals surface area contributed by atoms with Crippen molar-refractivity contribution in [2.45, 2.75) is 45.2 Å². The van der Waals surface area contributed by atoms with E-state index in [0.717, 1.165) is 32.5 Å². The van der Waals surface area contributed by atoms with Crippen molar-refractivity contribution in [3.63, 3.8) is 0 Å². The second-order valence-electron chi connectivity index (χ2n) is 9.26. The molecule has 0 saturated carbocycles. The Balaban J connectivity index is 1.50. The van der Waals surface area contributed by atoms with Crippen molar-refractivity contribution in [1.82, 2.24) is 4.90 Å². The largest absolute Gasteiger partial charge is 0.496 e. The van der Waals surface area contributed by atoms with Crippen LogP contribution in [0.4, 0.5) is 10.1 Å². The lowest BCUT2D eigenvalue weighted by atomic mass is 9.99. The molecule has 0 bridgehead atoms. The zero-order valence-corrected chi connectivity index (χ0v) is 20.2. The number of ether oxygens (including phenoxy) is 1. The molecule has 1 aliphatic heterocycles. The lowest BCUT2D eigenvalue weighted by Crippen LogP contribution is -2.47. The van der Waals surface area contributed by atoms with E-state index in [9.17, 15) is 9.18 Å². The Labute approximate surface area is 202 Å². The predicted molar refractivity (Wildman–Crippen MR) is 135 cm³/mol. The lowest BCUT2D eigenvalue weighted by Gasteiger charge is -2.39. The van der Waals surface area contributed by atoms with Crippen molar-refractivity contribution in [1.29, 1.82) is 0 Å². The third kappa shape index (κ3) is 5.48. The SMILES string of the molecule is COc1ccccc1C(=O)N(c1ccc(F)cc1)C1CCN(Cc2ccc(C(C)C)cc2)CC1. The van der Waals surface area contributed by atoms with E-state index in [0.29, 0.717) is 22.9 Å². The van der Waals surface area contributed by atoms with E-state index < -0.39 is 0 Å². The van der Waals surface area contributed by atoms with Crippen LogP contribution in [0.3, 0.4) is 0 Å². The molecule has 0 radical (unpaired) electrons. The minimum Gasteiger partial charge on any atom is -0.496 e. The number of halogens is 1. The molecule has 1 heterocycles. The molecule has 34 heavy (non-hydrogen) atoms. The number of benzene rings is 3. The third-order valence-electron chi connectivity index (χ3n) is 6.64. The molecule has 1 saturated heterocycles. The maximum Gasteiger partial charge on any atom is 0.262 e. The van der Waals surface area contributed by atoms with E-state index in [2.05, 4.69) is 43.0 Å². The van der Waals surface area contributed by atoms with Crippen LogP contribution in [0.25, 0.3) is 0 Å². The number of piperidine rings is 1. The molecule has 0 unspecified atom stereocenters. The van der Waals surface area contributed by atoms with Crippen LogP contribution in [0.1, 0.15) is 54.1 Å². The van der Waals surface area contributed by atoms with Crippen LogP contribution < -0.4 is 9.64 Å². The molecule has 0 aromatic heterocycles. The van der Waals surface area contributed by atoms with E-state index in [4.69, 9.17) is 4.74 Å². The molecule has 4 rings (SSSR count). The summed E-state index contributed by atoms with van der Waals surface area (Å²) >= 11 is 0. The van der Waals surface area contributed by atoms with Gasteiger partial charge in [-0.25, -0.2) is 4.39 Å². The maximum absolute atomic E-state index is 13.7. The molecule has 0 N–H and O–H groups in total. The summed E-state index contributed by atoms with van der Waals surface area (Å²) in [6.07, 6.45) is 1.70. The zero-order chi connectivity index (χ0) is 24.1. The van der Waals surface area contributed by atoms with Crippen molar-refractivity contribution in [3.05, 3.63) is 95.3 Å². The van der Waals surface area contributed by atoms with Crippen LogP contribution in [-0.4, -0.2) is 37.0 Å². The first-order valence-corrected chi connectivity index (χ1v) is 12.0. The van der Waals surface area contributed by atoms with Gasteiger partial charge in [0.15, 0.2) is 0 Å². The summed E-state index contributed by atoms with van der Waals surface area (Å²) in [5, 5.41) is 0. The fourth-order valence-electron chi connectivity index (χ4n) is 4.65.